The third kappa shape index (κ3) is 5.29. The van der Waals surface area contributed by atoms with Gasteiger partial charge in [-0.3, -0.25) is 9.56 Å². The second-order valence-electron chi connectivity index (χ2n) is 5.63. The van der Waals surface area contributed by atoms with Crippen LogP contribution in [0.3, 0.4) is 0 Å². The summed E-state index contributed by atoms with van der Waals surface area (Å²) in [5.41, 5.74) is 2.30. The molecule has 0 saturated carbocycles. The van der Waals surface area contributed by atoms with Gasteiger partial charge in [0.1, 0.15) is 11.6 Å². The van der Waals surface area contributed by atoms with Crippen molar-refractivity contribution in [3.05, 3.63) is 78.0 Å². The number of aryl methyl sites for hydroxylation is 1. The van der Waals surface area contributed by atoms with Gasteiger partial charge in [0.15, 0.2) is 5.96 Å². The van der Waals surface area contributed by atoms with E-state index < -0.39 is 0 Å². The molecule has 0 unspecified atom stereocenters. The fraction of sp³-hybridized carbons (Fsp3) is 0.211. The summed E-state index contributed by atoms with van der Waals surface area (Å²) in [6.45, 7) is 3.35. The molecule has 6 nitrogen and oxygen atoms in total. The van der Waals surface area contributed by atoms with E-state index in [0.717, 1.165) is 29.7 Å². The molecular formula is C19H23IN6. The van der Waals surface area contributed by atoms with Crippen LogP contribution >= 0.6 is 24.0 Å². The highest BCUT2D eigenvalue weighted by atomic mass is 127. The van der Waals surface area contributed by atoms with Crippen molar-refractivity contribution in [3.8, 4) is 5.82 Å². The van der Waals surface area contributed by atoms with Crippen LogP contribution in [0.15, 0.2) is 66.0 Å². The first-order valence-electron chi connectivity index (χ1n) is 8.20. The number of benzene rings is 1. The summed E-state index contributed by atoms with van der Waals surface area (Å²) in [6.07, 6.45) is 5.55. The molecule has 2 heterocycles. The largest absolute Gasteiger partial charge is 0.352 e. The van der Waals surface area contributed by atoms with E-state index in [1.165, 1.54) is 5.56 Å². The lowest BCUT2D eigenvalue weighted by molar-refractivity contribution is 0.805. The number of guanidine groups is 1. The van der Waals surface area contributed by atoms with Crippen molar-refractivity contribution in [2.45, 2.75) is 20.0 Å². The molecule has 0 atom stereocenters. The first-order valence-corrected chi connectivity index (χ1v) is 8.20. The van der Waals surface area contributed by atoms with Crippen molar-refractivity contribution in [1.29, 1.82) is 0 Å². The normalized spacial score (nSPS) is 10.9. The number of aliphatic imine (C=N–C) groups is 1. The van der Waals surface area contributed by atoms with Crippen LogP contribution in [-0.4, -0.2) is 27.5 Å². The maximum Gasteiger partial charge on any atom is 0.191 e. The number of nitrogens with zero attached hydrogens (tertiary/aromatic N) is 4. The van der Waals surface area contributed by atoms with E-state index in [1.807, 2.05) is 48.1 Å². The van der Waals surface area contributed by atoms with Crippen LogP contribution in [0.1, 0.15) is 17.0 Å². The monoisotopic (exact) mass is 462 g/mol. The molecule has 3 aromatic rings. The molecule has 0 amide bonds. The molecule has 7 heteroatoms. The summed E-state index contributed by atoms with van der Waals surface area (Å²) in [5, 5.41) is 6.60. The predicted octanol–water partition coefficient (Wildman–Crippen LogP) is 3.06. The molecule has 0 spiro atoms. The SMILES string of the molecule is CN=C(NCc1ccccc1)NCc1ccc(-n2ccnc2C)nc1.I. The zero-order chi connectivity index (χ0) is 17.5. The standard InChI is InChI=1S/C19H22N6.HI/c1-15-21-10-11-25(15)18-9-8-17(13-22-18)14-24-19(20-2)23-12-16-6-4-3-5-7-16;/h3-11,13H,12,14H2,1-2H3,(H2,20,23,24);1H. The summed E-state index contributed by atoms with van der Waals surface area (Å²) >= 11 is 0. The lowest BCUT2D eigenvalue weighted by Gasteiger charge is -2.12. The summed E-state index contributed by atoms with van der Waals surface area (Å²) in [6, 6.07) is 14.3. The Morgan fingerprint density at radius 3 is 2.31 bits per heavy atom. The highest BCUT2D eigenvalue weighted by molar-refractivity contribution is 14.0. The van der Waals surface area contributed by atoms with Gasteiger partial charge in [0.25, 0.3) is 0 Å². The smallest absolute Gasteiger partial charge is 0.191 e. The lowest BCUT2D eigenvalue weighted by atomic mass is 10.2. The van der Waals surface area contributed by atoms with E-state index in [-0.39, 0.29) is 24.0 Å². The van der Waals surface area contributed by atoms with Crippen LogP contribution in [0.5, 0.6) is 0 Å². The molecule has 0 aliphatic heterocycles. The van der Waals surface area contributed by atoms with Crippen LogP contribution in [0.2, 0.25) is 0 Å². The number of rotatable bonds is 5. The third-order valence-corrected chi connectivity index (χ3v) is 3.87. The predicted molar refractivity (Wildman–Crippen MR) is 115 cm³/mol. The summed E-state index contributed by atoms with van der Waals surface area (Å²) < 4.78 is 1.96. The topological polar surface area (TPSA) is 67.1 Å². The van der Waals surface area contributed by atoms with Crippen LogP contribution in [-0.2, 0) is 13.1 Å². The number of pyridine rings is 1. The van der Waals surface area contributed by atoms with Crippen molar-refractivity contribution in [1.82, 2.24) is 25.2 Å². The molecule has 0 radical (unpaired) electrons. The molecule has 2 N–H and O–H groups in total. The third-order valence-electron chi connectivity index (χ3n) is 3.87. The van der Waals surface area contributed by atoms with Crippen molar-refractivity contribution in [2.75, 3.05) is 7.05 Å². The maximum atomic E-state index is 4.50. The second-order valence-corrected chi connectivity index (χ2v) is 5.63. The summed E-state index contributed by atoms with van der Waals surface area (Å²) in [7, 11) is 1.77. The Kier molecular flexibility index (Phi) is 7.58. The fourth-order valence-electron chi connectivity index (χ4n) is 2.47. The minimum Gasteiger partial charge on any atom is -0.352 e. The van der Waals surface area contributed by atoms with E-state index in [0.29, 0.717) is 6.54 Å². The first kappa shape index (κ1) is 19.9. The Balaban J connectivity index is 0.00000243. The van der Waals surface area contributed by atoms with Gasteiger partial charge in [-0.1, -0.05) is 36.4 Å². The van der Waals surface area contributed by atoms with Crippen molar-refractivity contribution < 1.29 is 0 Å². The van der Waals surface area contributed by atoms with Gasteiger partial charge in [-0.05, 0) is 24.1 Å². The molecule has 1 aromatic carbocycles. The highest BCUT2D eigenvalue weighted by Gasteiger charge is 2.03. The van der Waals surface area contributed by atoms with Crippen molar-refractivity contribution in [3.63, 3.8) is 0 Å². The van der Waals surface area contributed by atoms with Gasteiger partial charge in [-0.25, -0.2) is 9.97 Å². The molecule has 0 aliphatic carbocycles. The Hall–Kier alpha value is -2.42. The van der Waals surface area contributed by atoms with Crippen molar-refractivity contribution in [2.24, 2.45) is 4.99 Å². The maximum absolute atomic E-state index is 4.50. The van der Waals surface area contributed by atoms with Gasteiger partial charge in [0.05, 0.1) is 0 Å². The molecule has 26 heavy (non-hydrogen) atoms. The molecule has 0 fully saturated rings. The summed E-state index contributed by atoms with van der Waals surface area (Å²) in [4.78, 5) is 13.0. The van der Waals surface area contributed by atoms with E-state index >= 15 is 0 Å². The molecule has 0 bridgehead atoms. The van der Waals surface area contributed by atoms with Gasteiger partial charge in [-0.2, -0.15) is 0 Å². The average Bonchev–Trinajstić information content (AvgIpc) is 3.09. The van der Waals surface area contributed by atoms with Crippen LogP contribution in [0, 0.1) is 6.92 Å². The van der Waals surface area contributed by atoms with Crippen LogP contribution in [0.4, 0.5) is 0 Å². The van der Waals surface area contributed by atoms with Gasteiger partial charge in [0, 0.05) is 38.7 Å². The van der Waals surface area contributed by atoms with E-state index in [2.05, 4.69) is 43.8 Å². The van der Waals surface area contributed by atoms with E-state index in [1.54, 1.807) is 13.2 Å². The zero-order valence-electron chi connectivity index (χ0n) is 14.9. The molecular weight excluding hydrogens is 439 g/mol. The Morgan fingerprint density at radius 1 is 1.00 bits per heavy atom. The Bertz CT molecular complexity index is 827. The van der Waals surface area contributed by atoms with Gasteiger partial charge >= 0.3 is 0 Å². The molecule has 0 saturated heterocycles. The molecule has 136 valence electrons. The van der Waals surface area contributed by atoms with Gasteiger partial charge in [-0.15, -0.1) is 24.0 Å². The van der Waals surface area contributed by atoms with Gasteiger partial charge < -0.3 is 10.6 Å². The van der Waals surface area contributed by atoms with Crippen LogP contribution < -0.4 is 10.6 Å². The first-order chi connectivity index (χ1) is 12.3. The number of hydrogen-bond donors (Lipinski definition) is 2. The van der Waals surface area contributed by atoms with Crippen molar-refractivity contribution >= 4 is 29.9 Å². The van der Waals surface area contributed by atoms with E-state index in [4.69, 9.17) is 0 Å². The molecule has 3 rings (SSSR count). The average molecular weight is 462 g/mol. The summed E-state index contributed by atoms with van der Waals surface area (Å²) in [5.74, 6) is 2.55. The number of aromatic nitrogens is 3. The van der Waals surface area contributed by atoms with E-state index in [9.17, 15) is 0 Å². The number of halogens is 1. The number of nitrogens with one attached hydrogen (secondary N) is 2. The zero-order valence-corrected chi connectivity index (χ0v) is 17.2. The van der Waals surface area contributed by atoms with Gasteiger partial charge in [0.2, 0.25) is 0 Å². The Labute approximate surface area is 170 Å². The minimum atomic E-state index is 0. The molecule has 2 aromatic heterocycles. The Morgan fingerprint density at radius 2 is 1.73 bits per heavy atom. The van der Waals surface area contributed by atoms with Crippen LogP contribution in [0.25, 0.3) is 5.82 Å². The quantitative estimate of drug-likeness (QED) is 0.348. The minimum absolute atomic E-state index is 0. The lowest BCUT2D eigenvalue weighted by Crippen LogP contribution is -2.36. The second kappa shape index (κ2) is 9.91. The fourth-order valence-corrected chi connectivity index (χ4v) is 2.47. The number of hydrogen-bond acceptors (Lipinski definition) is 3. The number of imidazole rings is 1. The molecule has 0 aliphatic rings. The highest BCUT2D eigenvalue weighted by Crippen LogP contribution is 2.08.